The Labute approximate surface area is 121 Å². The van der Waals surface area contributed by atoms with Gasteiger partial charge in [-0.2, -0.15) is 0 Å². The number of carboxylic acids is 1. The highest BCUT2D eigenvalue weighted by Crippen LogP contribution is 2.16. The molecule has 0 saturated heterocycles. The van der Waals surface area contributed by atoms with E-state index in [0.29, 0.717) is 11.3 Å². The quantitative estimate of drug-likeness (QED) is 0.657. The number of hydrogen-bond donors (Lipinski definition) is 3. The van der Waals surface area contributed by atoms with Gasteiger partial charge in [0.2, 0.25) is 10.0 Å². The minimum absolute atomic E-state index is 0.256. The minimum atomic E-state index is -3.22. The first-order chi connectivity index (χ1) is 9.19. The molecule has 1 amide bonds. The number of carbonyl (C=O) groups excluding carboxylic acids is 1. The highest BCUT2D eigenvalue weighted by molar-refractivity contribution is 7.88. The van der Waals surface area contributed by atoms with Crippen LogP contribution in [0.4, 0.5) is 0 Å². The Kier molecular flexibility index (Phi) is 5.66. The Morgan fingerprint density at radius 3 is 2.60 bits per heavy atom. The van der Waals surface area contributed by atoms with E-state index in [1.54, 1.807) is 12.1 Å². The molecule has 0 spiro atoms. The number of nitrogens with one attached hydrogen (secondary N) is 2. The predicted molar refractivity (Wildman–Crippen MR) is 75.4 cm³/mol. The molecule has 0 fully saturated rings. The van der Waals surface area contributed by atoms with E-state index in [1.165, 1.54) is 18.3 Å². The monoisotopic (exact) mass is 320 g/mol. The Morgan fingerprint density at radius 2 is 2.05 bits per heavy atom. The van der Waals surface area contributed by atoms with Crippen LogP contribution in [0.15, 0.2) is 12.1 Å². The lowest BCUT2D eigenvalue weighted by molar-refractivity contribution is -0.138. The summed E-state index contributed by atoms with van der Waals surface area (Å²) in [6.07, 6.45) is 1.55. The number of hydrogen-bond acceptors (Lipinski definition) is 5. The van der Waals surface area contributed by atoms with Crippen molar-refractivity contribution in [3.05, 3.63) is 21.9 Å². The maximum Gasteiger partial charge on any atom is 0.325 e. The second-order valence-corrected chi connectivity index (χ2v) is 7.22. The maximum atomic E-state index is 11.7. The van der Waals surface area contributed by atoms with Crippen LogP contribution in [0.5, 0.6) is 0 Å². The lowest BCUT2D eigenvalue weighted by atomic mass is 10.3. The molecule has 1 aromatic rings. The fraction of sp³-hybridized carbons (Fsp3) is 0.455. The van der Waals surface area contributed by atoms with Gasteiger partial charge < -0.3 is 10.4 Å². The summed E-state index contributed by atoms with van der Waals surface area (Å²) in [5.41, 5.74) is 0. The van der Waals surface area contributed by atoms with Crippen LogP contribution in [-0.2, 0) is 21.2 Å². The van der Waals surface area contributed by atoms with Crippen LogP contribution in [0.3, 0.4) is 0 Å². The zero-order valence-electron chi connectivity index (χ0n) is 11.0. The van der Waals surface area contributed by atoms with Crippen molar-refractivity contribution in [3.8, 4) is 0 Å². The Balaban J connectivity index is 2.54. The van der Waals surface area contributed by atoms with Crippen molar-refractivity contribution in [1.29, 1.82) is 0 Å². The van der Waals surface area contributed by atoms with Crippen molar-refractivity contribution in [2.75, 3.05) is 12.8 Å². The normalized spacial score (nSPS) is 12.9. The van der Waals surface area contributed by atoms with Crippen molar-refractivity contribution in [1.82, 2.24) is 10.0 Å². The Hall–Kier alpha value is -1.45. The fourth-order valence-corrected chi connectivity index (χ4v) is 2.71. The number of amides is 1. The van der Waals surface area contributed by atoms with E-state index >= 15 is 0 Å². The second kappa shape index (κ2) is 6.82. The zero-order chi connectivity index (χ0) is 15.3. The van der Waals surface area contributed by atoms with Crippen LogP contribution in [0.1, 0.15) is 21.5 Å². The molecular formula is C11H16N2O5S2. The smallest absolute Gasteiger partial charge is 0.325 e. The third-order valence-electron chi connectivity index (χ3n) is 2.34. The molecule has 0 radical (unpaired) electrons. The minimum Gasteiger partial charge on any atom is -0.480 e. The summed E-state index contributed by atoms with van der Waals surface area (Å²) in [7, 11) is -3.22. The van der Waals surface area contributed by atoms with Gasteiger partial charge in [0.15, 0.2) is 0 Å². The molecule has 0 unspecified atom stereocenters. The molecule has 112 valence electrons. The second-order valence-electron chi connectivity index (χ2n) is 4.22. The standard InChI is InChI=1S/C11H16N2O5S2/c1-7(11(15)16)13-10(14)9-4-3-8(19-9)5-6-12-20(2,17)18/h3-4,7,12H,5-6H2,1-2H3,(H,13,14)(H,15,16)/t7-/m1/s1. The number of aliphatic carboxylic acids is 1. The van der Waals surface area contributed by atoms with Crippen molar-refractivity contribution in [2.45, 2.75) is 19.4 Å². The van der Waals surface area contributed by atoms with Crippen molar-refractivity contribution >= 4 is 33.2 Å². The molecular weight excluding hydrogens is 304 g/mol. The van der Waals surface area contributed by atoms with Crippen molar-refractivity contribution < 1.29 is 23.1 Å². The molecule has 7 nitrogen and oxygen atoms in total. The number of carboxylic acid groups (broad SMARTS) is 1. The topological polar surface area (TPSA) is 113 Å². The van der Waals surface area contributed by atoms with E-state index in [9.17, 15) is 18.0 Å². The van der Waals surface area contributed by atoms with Gasteiger partial charge in [-0.3, -0.25) is 9.59 Å². The van der Waals surface area contributed by atoms with Crippen LogP contribution in [0.2, 0.25) is 0 Å². The van der Waals surface area contributed by atoms with E-state index in [1.807, 2.05) is 0 Å². The van der Waals surface area contributed by atoms with Gasteiger partial charge in [-0.25, -0.2) is 13.1 Å². The average molecular weight is 320 g/mol. The van der Waals surface area contributed by atoms with Gasteiger partial charge in [-0.05, 0) is 25.5 Å². The van der Waals surface area contributed by atoms with E-state index in [4.69, 9.17) is 5.11 Å². The van der Waals surface area contributed by atoms with E-state index in [-0.39, 0.29) is 6.54 Å². The van der Waals surface area contributed by atoms with Crippen LogP contribution < -0.4 is 10.0 Å². The van der Waals surface area contributed by atoms with Crippen LogP contribution in [-0.4, -0.2) is 44.2 Å². The summed E-state index contributed by atoms with van der Waals surface area (Å²) in [5.74, 6) is -1.56. The van der Waals surface area contributed by atoms with E-state index in [0.717, 1.165) is 11.1 Å². The molecule has 0 aliphatic carbocycles. The molecule has 1 atom stereocenters. The predicted octanol–water partition coefficient (Wildman–Crippen LogP) is 0.0427. The average Bonchev–Trinajstić information content (AvgIpc) is 2.75. The SMILES string of the molecule is C[C@@H](NC(=O)c1ccc(CCNS(C)(=O)=O)s1)C(=O)O. The summed E-state index contributed by atoms with van der Waals surface area (Å²) >= 11 is 1.21. The molecule has 20 heavy (non-hydrogen) atoms. The molecule has 0 bridgehead atoms. The zero-order valence-corrected chi connectivity index (χ0v) is 12.7. The third-order valence-corrected chi connectivity index (χ3v) is 4.21. The van der Waals surface area contributed by atoms with Gasteiger partial charge in [0.25, 0.3) is 5.91 Å². The molecule has 0 saturated carbocycles. The summed E-state index contributed by atoms with van der Waals surface area (Å²) in [4.78, 5) is 23.6. The molecule has 9 heteroatoms. The van der Waals surface area contributed by atoms with Gasteiger partial charge in [0.05, 0.1) is 11.1 Å². The molecule has 0 aliphatic heterocycles. The number of carbonyl (C=O) groups is 2. The summed E-state index contributed by atoms with van der Waals surface area (Å²) in [6, 6.07) is 2.35. The van der Waals surface area contributed by atoms with Crippen LogP contribution in [0, 0.1) is 0 Å². The van der Waals surface area contributed by atoms with Gasteiger partial charge in [-0.1, -0.05) is 0 Å². The lowest BCUT2D eigenvalue weighted by Gasteiger charge is -2.07. The fourth-order valence-electron chi connectivity index (χ4n) is 1.32. The maximum absolute atomic E-state index is 11.7. The van der Waals surface area contributed by atoms with E-state index < -0.39 is 27.9 Å². The highest BCUT2D eigenvalue weighted by Gasteiger charge is 2.16. The molecule has 1 rings (SSSR count). The molecule has 0 aromatic carbocycles. The Bertz CT molecular complexity index is 594. The van der Waals surface area contributed by atoms with Gasteiger partial charge in [0.1, 0.15) is 6.04 Å². The van der Waals surface area contributed by atoms with Crippen LogP contribution in [0.25, 0.3) is 0 Å². The lowest BCUT2D eigenvalue weighted by Crippen LogP contribution is -2.37. The summed E-state index contributed by atoms with van der Waals surface area (Å²) < 4.78 is 24.1. The highest BCUT2D eigenvalue weighted by atomic mass is 32.2. The van der Waals surface area contributed by atoms with Crippen molar-refractivity contribution in [2.24, 2.45) is 0 Å². The number of thiophene rings is 1. The first kappa shape index (κ1) is 16.6. The third kappa shape index (κ3) is 5.68. The Morgan fingerprint density at radius 1 is 1.40 bits per heavy atom. The van der Waals surface area contributed by atoms with Crippen LogP contribution >= 0.6 is 11.3 Å². The molecule has 0 aliphatic rings. The molecule has 1 aromatic heterocycles. The van der Waals surface area contributed by atoms with E-state index in [2.05, 4.69) is 10.0 Å². The van der Waals surface area contributed by atoms with Crippen molar-refractivity contribution in [3.63, 3.8) is 0 Å². The summed E-state index contributed by atoms with van der Waals surface area (Å²) in [5, 5.41) is 11.0. The van der Waals surface area contributed by atoms with Gasteiger partial charge in [0, 0.05) is 11.4 Å². The molecule has 1 heterocycles. The molecule has 3 N–H and O–H groups in total. The first-order valence-corrected chi connectivity index (χ1v) is 8.47. The van der Waals surface area contributed by atoms with Gasteiger partial charge in [-0.15, -0.1) is 11.3 Å². The number of rotatable bonds is 7. The summed E-state index contributed by atoms with van der Waals surface area (Å²) in [6.45, 7) is 1.64. The first-order valence-electron chi connectivity index (χ1n) is 5.76. The number of sulfonamides is 1. The largest absolute Gasteiger partial charge is 0.480 e. The van der Waals surface area contributed by atoms with Gasteiger partial charge >= 0.3 is 5.97 Å².